The Morgan fingerprint density at radius 2 is 1.86 bits per heavy atom. The van der Waals surface area contributed by atoms with E-state index in [1.165, 1.54) is 32.1 Å². The second-order valence-electron chi connectivity index (χ2n) is 11.5. The van der Waals surface area contributed by atoms with Gasteiger partial charge in [0.15, 0.2) is 0 Å². The van der Waals surface area contributed by atoms with Crippen molar-refractivity contribution in [2.75, 3.05) is 6.61 Å². The summed E-state index contributed by atoms with van der Waals surface area (Å²) in [5, 5.41) is 5.58. The standard InChI is InChI=1S/C27H45ClN4O4S/c1-4-9-16(3)21-14-19(23(33)30-26(35)36-5-2)25(37-21)29-24(34)22-20-13-12-18(28)15-27(20,32-31-22)17-10-7-6-8-11-17/h16-22,25,31-32H,4-15H2,1-3H3,(H,29,34)(H,30,33,35). The lowest BCUT2D eigenvalue weighted by molar-refractivity contribution is -0.126. The fourth-order valence-electron chi connectivity index (χ4n) is 7.29. The lowest BCUT2D eigenvalue weighted by Gasteiger charge is -2.48. The quantitative estimate of drug-likeness (QED) is 0.327. The van der Waals surface area contributed by atoms with Crippen LogP contribution < -0.4 is 21.5 Å². The molecule has 8 atom stereocenters. The molecule has 2 saturated carbocycles. The van der Waals surface area contributed by atoms with Crippen molar-refractivity contribution in [1.82, 2.24) is 21.5 Å². The van der Waals surface area contributed by atoms with Gasteiger partial charge in [0.25, 0.3) is 0 Å². The number of alkyl halides is 1. The number of carbonyl (C=O) groups excluding carboxylic acids is 3. The van der Waals surface area contributed by atoms with Gasteiger partial charge in [0.05, 0.1) is 17.9 Å². The number of fused-ring (bicyclic) bond motifs is 1. The van der Waals surface area contributed by atoms with Crippen LogP contribution in [0.4, 0.5) is 4.79 Å². The van der Waals surface area contributed by atoms with Crippen molar-refractivity contribution < 1.29 is 19.1 Å². The van der Waals surface area contributed by atoms with Crippen molar-refractivity contribution in [2.24, 2.45) is 23.7 Å². The van der Waals surface area contributed by atoms with E-state index in [2.05, 4.69) is 35.3 Å². The molecule has 0 aromatic heterocycles. The molecule has 8 unspecified atom stereocenters. The number of imide groups is 1. The molecule has 0 spiro atoms. The molecule has 4 aliphatic rings. The van der Waals surface area contributed by atoms with E-state index in [0.717, 1.165) is 32.1 Å². The Labute approximate surface area is 230 Å². The van der Waals surface area contributed by atoms with Crippen LogP contribution in [0.15, 0.2) is 0 Å². The maximum atomic E-state index is 13.8. The SMILES string of the molecule is CCCC(C)C1CC(C(=O)NC(=O)OCC)C(NC(=O)C2NNC3(C4CCCCC4)CC(Cl)CCC23)S1. The summed E-state index contributed by atoms with van der Waals surface area (Å²) in [6.45, 7) is 6.27. The molecule has 0 radical (unpaired) electrons. The van der Waals surface area contributed by atoms with Gasteiger partial charge in [-0.25, -0.2) is 10.2 Å². The molecule has 4 N–H and O–H groups in total. The minimum Gasteiger partial charge on any atom is -0.450 e. The molecule has 10 heteroatoms. The zero-order valence-electron chi connectivity index (χ0n) is 22.5. The topological polar surface area (TPSA) is 109 Å². The summed E-state index contributed by atoms with van der Waals surface area (Å²) in [4.78, 5) is 38.8. The van der Waals surface area contributed by atoms with Crippen molar-refractivity contribution in [3.8, 4) is 0 Å². The molecular weight excluding hydrogens is 512 g/mol. The molecule has 37 heavy (non-hydrogen) atoms. The molecule has 0 aromatic rings. The summed E-state index contributed by atoms with van der Waals surface area (Å²) >= 11 is 8.36. The van der Waals surface area contributed by atoms with E-state index in [-0.39, 0.29) is 51.9 Å². The van der Waals surface area contributed by atoms with Crippen LogP contribution in [0.5, 0.6) is 0 Å². The highest BCUT2D eigenvalue weighted by molar-refractivity contribution is 8.00. The van der Waals surface area contributed by atoms with E-state index in [9.17, 15) is 14.4 Å². The fourth-order valence-corrected chi connectivity index (χ4v) is 9.38. The maximum absolute atomic E-state index is 13.8. The minimum atomic E-state index is -0.732. The van der Waals surface area contributed by atoms with Gasteiger partial charge in [-0.15, -0.1) is 23.4 Å². The summed E-state index contributed by atoms with van der Waals surface area (Å²) in [5.41, 5.74) is 6.82. The summed E-state index contributed by atoms with van der Waals surface area (Å²) in [6.07, 6.45) is 10.8. The van der Waals surface area contributed by atoms with Crippen LogP contribution >= 0.6 is 23.4 Å². The zero-order chi connectivity index (χ0) is 26.6. The van der Waals surface area contributed by atoms with Crippen LogP contribution in [-0.4, -0.2) is 52.1 Å². The van der Waals surface area contributed by atoms with Crippen molar-refractivity contribution in [1.29, 1.82) is 0 Å². The Morgan fingerprint density at radius 1 is 1.11 bits per heavy atom. The third kappa shape index (κ3) is 6.42. The van der Waals surface area contributed by atoms with Gasteiger partial charge in [-0.2, -0.15) is 0 Å². The Hall–Kier alpha value is -1.03. The maximum Gasteiger partial charge on any atom is 0.413 e. The second-order valence-corrected chi connectivity index (χ2v) is 13.5. The summed E-state index contributed by atoms with van der Waals surface area (Å²) < 4.78 is 4.93. The second kappa shape index (κ2) is 12.9. The molecule has 3 amide bonds. The zero-order valence-corrected chi connectivity index (χ0v) is 24.1. The lowest BCUT2D eigenvalue weighted by atomic mass is 9.61. The first-order chi connectivity index (χ1) is 17.8. The Bertz CT molecular complexity index is 828. The number of hydrogen-bond donors (Lipinski definition) is 4. The monoisotopic (exact) mass is 556 g/mol. The number of alkyl carbamates (subject to hydrolysis) is 1. The first-order valence-corrected chi connectivity index (χ1v) is 15.8. The van der Waals surface area contributed by atoms with Crippen molar-refractivity contribution in [2.45, 2.75) is 119 Å². The average molecular weight is 557 g/mol. The normalized spacial score (nSPS) is 37.0. The van der Waals surface area contributed by atoms with Crippen LogP contribution in [0, 0.1) is 23.7 Å². The minimum absolute atomic E-state index is 0.0709. The molecule has 2 aliphatic heterocycles. The number of ether oxygens (including phenoxy) is 1. The number of hydrogen-bond acceptors (Lipinski definition) is 7. The van der Waals surface area contributed by atoms with Crippen LogP contribution in [0.25, 0.3) is 0 Å². The first kappa shape index (κ1) is 29.0. The number of hydrazine groups is 1. The van der Waals surface area contributed by atoms with Crippen LogP contribution in [-0.2, 0) is 14.3 Å². The predicted molar refractivity (Wildman–Crippen MR) is 147 cm³/mol. The van der Waals surface area contributed by atoms with Gasteiger partial charge in [-0.05, 0) is 63.7 Å². The summed E-state index contributed by atoms with van der Waals surface area (Å²) in [6, 6.07) is -0.368. The van der Waals surface area contributed by atoms with Crippen LogP contribution in [0.1, 0.15) is 91.4 Å². The van der Waals surface area contributed by atoms with Crippen molar-refractivity contribution in [3.05, 3.63) is 0 Å². The number of nitrogens with one attached hydrogen (secondary N) is 4. The predicted octanol–water partition coefficient (Wildman–Crippen LogP) is 4.46. The number of carbonyl (C=O) groups is 3. The van der Waals surface area contributed by atoms with E-state index < -0.39 is 12.0 Å². The van der Waals surface area contributed by atoms with Gasteiger partial charge < -0.3 is 10.1 Å². The number of thioether (sulfide) groups is 1. The molecule has 0 aromatic carbocycles. The van der Waals surface area contributed by atoms with E-state index in [4.69, 9.17) is 16.3 Å². The van der Waals surface area contributed by atoms with E-state index in [1.54, 1.807) is 18.7 Å². The third-order valence-corrected chi connectivity index (χ3v) is 11.3. The van der Waals surface area contributed by atoms with Gasteiger partial charge in [-0.1, -0.05) is 39.5 Å². The summed E-state index contributed by atoms with van der Waals surface area (Å²) in [7, 11) is 0. The van der Waals surface area contributed by atoms with E-state index in [1.807, 2.05) is 0 Å². The Morgan fingerprint density at radius 3 is 2.57 bits per heavy atom. The molecule has 2 saturated heterocycles. The van der Waals surface area contributed by atoms with Gasteiger partial charge in [-0.3, -0.25) is 20.3 Å². The molecule has 4 rings (SSSR count). The summed E-state index contributed by atoms with van der Waals surface area (Å²) in [5.74, 6) is 0.162. The number of halogens is 1. The third-order valence-electron chi connectivity index (χ3n) is 9.16. The molecule has 4 fully saturated rings. The van der Waals surface area contributed by atoms with E-state index in [0.29, 0.717) is 18.3 Å². The van der Waals surface area contributed by atoms with Gasteiger partial charge in [0, 0.05) is 22.1 Å². The largest absolute Gasteiger partial charge is 0.450 e. The van der Waals surface area contributed by atoms with Crippen molar-refractivity contribution >= 4 is 41.3 Å². The van der Waals surface area contributed by atoms with Gasteiger partial charge >= 0.3 is 6.09 Å². The Kier molecular flexibility index (Phi) is 10.1. The van der Waals surface area contributed by atoms with Crippen molar-refractivity contribution in [3.63, 3.8) is 0 Å². The van der Waals surface area contributed by atoms with Gasteiger partial charge in [0.2, 0.25) is 11.8 Å². The molecule has 2 heterocycles. The highest BCUT2D eigenvalue weighted by Crippen LogP contribution is 2.49. The first-order valence-electron chi connectivity index (χ1n) is 14.4. The molecular formula is C27H45ClN4O4S. The van der Waals surface area contributed by atoms with Gasteiger partial charge in [0.1, 0.15) is 6.04 Å². The van der Waals surface area contributed by atoms with Crippen LogP contribution in [0.3, 0.4) is 0 Å². The smallest absolute Gasteiger partial charge is 0.413 e. The number of amides is 3. The fraction of sp³-hybridized carbons (Fsp3) is 0.889. The lowest BCUT2D eigenvalue weighted by Crippen LogP contribution is -2.57. The Balaban J connectivity index is 1.48. The number of rotatable bonds is 8. The average Bonchev–Trinajstić information content (AvgIpc) is 3.47. The van der Waals surface area contributed by atoms with Crippen LogP contribution in [0.2, 0.25) is 0 Å². The van der Waals surface area contributed by atoms with E-state index >= 15 is 0 Å². The highest BCUT2D eigenvalue weighted by atomic mass is 35.5. The molecule has 0 bridgehead atoms. The molecule has 210 valence electrons. The highest BCUT2D eigenvalue weighted by Gasteiger charge is 2.57. The molecule has 2 aliphatic carbocycles. The molecule has 8 nitrogen and oxygen atoms in total.